The maximum Gasteiger partial charge on any atom is 0.164 e. The van der Waals surface area contributed by atoms with Crippen molar-refractivity contribution in [2.24, 2.45) is 0 Å². The second-order valence-corrected chi connectivity index (χ2v) is 15.7. The Labute approximate surface area is 358 Å². The first-order valence-corrected chi connectivity index (χ1v) is 20.9. The number of aromatic nitrogens is 5. The van der Waals surface area contributed by atoms with Gasteiger partial charge in [-0.15, -0.1) is 0 Å². The van der Waals surface area contributed by atoms with Crippen LogP contribution in [0.4, 0.5) is 0 Å². The van der Waals surface area contributed by atoms with Crippen molar-refractivity contribution in [3.63, 3.8) is 0 Å². The van der Waals surface area contributed by atoms with E-state index in [0.717, 1.165) is 44.7 Å². The van der Waals surface area contributed by atoms with Crippen LogP contribution >= 0.6 is 0 Å². The van der Waals surface area contributed by atoms with Crippen molar-refractivity contribution >= 4 is 43.6 Å². The third kappa shape index (κ3) is 6.06. The fourth-order valence-corrected chi connectivity index (χ4v) is 9.04. The van der Waals surface area contributed by atoms with Crippen molar-refractivity contribution in [1.82, 2.24) is 24.1 Å². The molecule has 0 saturated carbocycles. The van der Waals surface area contributed by atoms with Crippen molar-refractivity contribution in [2.75, 3.05) is 0 Å². The highest BCUT2D eigenvalue weighted by molar-refractivity contribution is 6.12. The summed E-state index contributed by atoms with van der Waals surface area (Å²) in [4.78, 5) is 14.9. The molecule has 3 aromatic heterocycles. The first-order valence-electron chi connectivity index (χ1n) is 20.9. The predicted molar refractivity (Wildman–Crippen MR) is 256 cm³/mol. The molecule has 0 aliphatic carbocycles. The molecule has 0 aliphatic heterocycles. The van der Waals surface area contributed by atoms with Crippen LogP contribution in [0, 0.1) is 0 Å². The average molecular weight is 792 g/mol. The molecule has 12 rings (SSSR count). The van der Waals surface area contributed by atoms with E-state index in [0.29, 0.717) is 17.5 Å². The van der Waals surface area contributed by atoms with Gasteiger partial charge in [0, 0.05) is 49.6 Å². The van der Waals surface area contributed by atoms with E-state index in [1.54, 1.807) is 0 Å². The Balaban J connectivity index is 0.946. The molecule has 0 bridgehead atoms. The molecule has 0 aliphatic rings. The SMILES string of the molecule is c1ccc(-c2nc(-c3ccccc3)nc(-c3cccc(-c4ccc5c(c4)c4ccccc4n5-c4cccc(-c5ccc6c(c5)c5ccccc5n6-c5ccccc5)c4)c3)n2)cc1. The molecule has 9 aromatic carbocycles. The maximum absolute atomic E-state index is 5.01. The number of hydrogen-bond donors (Lipinski definition) is 0. The number of para-hydroxylation sites is 3. The highest BCUT2D eigenvalue weighted by atomic mass is 15.0. The van der Waals surface area contributed by atoms with E-state index in [4.69, 9.17) is 15.0 Å². The molecule has 62 heavy (non-hydrogen) atoms. The monoisotopic (exact) mass is 791 g/mol. The van der Waals surface area contributed by atoms with Gasteiger partial charge in [0.25, 0.3) is 0 Å². The minimum atomic E-state index is 0.637. The van der Waals surface area contributed by atoms with Gasteiger partial charge >= 0.3 is 0 Å². The Hall–Kier alpha value is -8.41. The van der Waals surface area contributed by atoms with Crippen LogP contribution in [-0.2, 0) is 0 Å². The number of benzene rings is 9. The first-order chi connectivity index (χ1) is 30.7. The summed E-state index contributed by atoms with van der Waals surface area (Å²) in [5.74, 6) is 1.93. The molecule has 0 N–H and O–H groups in total. The zero-order valence-corrected chi connectivity index (χ0v) is 33.6. The minimum Gasteiger partial charge on any atom is -0.309 e. The average Bonchev–Trinajstić information content (AvgIpc) is 3.87. The lowest BCUT2D eigenvalue weighted by atomic mass is 10.0. The molecular weight excluding hydrogens is 755 g/mol. The lowest BCUT2D eigenvalue weighted by Crippen LogP contribution is -2.00. The zero-order valence-electron chi connectivity index (χ0n) is 33.6. The molecule has 290 valence electrons. The predicted octanol–water partition coefficient (Wildman–Crippen LogP) is 14.4. The van der Waals surface area contributed by atoms with E-state index in [-0.39, 0.29) is 0 Å². The van der Waals surface area contributed by atoms with E-state index in [9.17, 15) is 0 Å². The van der Waals surface area contributed by atoms with Crippen molar-refractivity contribution in [3.05, 3.63) is 224 Å². The van der Waals surface area contributed by atoms with Gasteiger partial charge in [-0.25, -0.2) is 15.0 Å². The summed E-state index contributed by atoms with van der Waals surface area (Å²) in [5.41, 5.74) is 14.4. The van der Waals surface area contributed by atoms with Gasteiger partial charge in [0.05, 0.1) is 22.1 Å². The molecule has 0 radical (unpaired) electrons. The van der Waals surface area contributed by atoms with Crippen LogP contribution in [0.2, 0.25) is 0 Å². The number of hydrogen-bond acceptors (Lipinski definition) is 3. The van der Waals surface area contributed by atoms with Gasteiger partial charge in [-0.3, -0.25) is 0 Å². The van der Waals surface area contributed by atoms with Crippen LogP contribution in [0.5, 0.6) is 0 Å². The van der Waals surface area contributed by atoms with Crippen LogP contribution in [0.1, 0.15) is 0 Å². The molecule has 3 heterocycles. The lowest BCUT2D eigenvalue weighted by molar-refractivity contribution is 1.07. The second kappa shape index (κ2) is 14.7. The normalized spacial score (nSPS) is 11.5. The van der Waals surface area contributed by atoms with Crippen molar-refractivity contribution < 1.29 is 0 Å². The molecule has 0 atom stereocenters. The molecule has 12 aromatic rings. The van der Waals surface area contributed by atoms with Crippen LogP contribution in [0.15, 0.2) is 224 Å². The maximum atomic E-state index is 5.01. The Morgan fingerprint density at radius 2 is 0.597 bits per heavy atom. The molecule has 5 nitrogen and oxygen atoms in total. The summed E-state index contributed by atoms with van der Waals surface area (Å²) >= 11 is 0. The highest BCUT2D eigenvalue weighted by Crippen LogP contribution is 2.39. The standard InChI is InChI=1S/C57H37N5/c1-4-16-38(17-5-1)55-58-56(39-18-6-2-7-19-39)60-57(59-55)44-22-14-20-40(34-44)42-30-33-54-50(36-42)48-27-11-13-29-52(48)62(54)46-25-15-21-41(35-46)43-31-32-53-49(37-43)47-26-10-12-28-51(47)61(53)45-23-8-3-9-24-45/h1-37H. The lowest BCUT2D eigenvalue weighted by Gasteiger charge is -2.12. The van der Waals surface area contributed by atoms with E-state index < -0.39 is 0 Å². The quantitative estimate of drug-likeness (QED) is 0.162. The van der Waals surface area contributed by atoms with Crippen molar-refractivity contribution in [3.8, 4) is 67.8 Å². The number of rotatable bonds is 7. The summed E-state index contributed by atoms with van der Waals surface area (Å²) in [6.45, 7) is 0. The Morgan fingerprint density at radius 1 is 0.226 bits per heavy atom. The van der Waals surface area contributed by atoms with Gasteiger partial charge in [0.15, 0.2) is 17.5 Å². The fraction of sp³-hybridized carbons (Fsp3) is 0. The molecule has 0 fully saturated rings. The smallest absolute Gasteiger partial charge is 0.164 e. The highest BCUT2D eigenvalue weighted by Gasteiger charge is 2.17. The van der Waals surface area contributed by atoms with Gasteiger partial charge < -0.3 is 9.13 Å². The van der Waals surface area contributed by atoms with Crippen molar-refractivity contribution in [1.29, 1.82) is 0 Å². The van der Waals surface area contributed by atoms with E-state index in [1.165, 1.54) is 49.2 Å². The zero-order chi connectivity index (χ0) is 41.0. The number of nitrogens with zero attached hydrogens (tertiary/aromatic N) is 5. The molecule has 0 spiro atoms. The van der Waals surface area contributed by atoms with Crippen LogP contribution in [0.3, 0.4) is 0 Å². The largest absolute Gasteiger partial charge is 0.309 e. The van der Waals surface area contributed by atoms with Crippen LogP contribution < -0.4 is 0 Å². The van der Waals surface area contributed by atoms with Gasteiger partial charge in [-0.1, -0.05) is 158 Å². The van der Waals surface area contributed by atoms with Crippen molar-refractivity contribution in [2.45, 2.75) is 0 Å². The Morgan fingerprint density at radius 3 is 1.16 bits per heavy atom. The summed E-state index contributed by atoms with van der Waals surface area (Å²) in [5, 5.41) is 4.89. The summed E-state index contributed by atoms with van der Waals surface area (Å²) in [6.07, 6.45) is 0. The topological polar surface area (TPSA) is 48.5 Å². The molecular formula is C57H37N5. The van der Waals surface area contributed by atoms with Crippen LogP contribution in [0.25, 0.3) is 111 Å². The molecule has 5 heteroatoms. The van der Waals surface area contributed by atoms with Gasteiger partial charge in [0.1, 0.15) is 0 Å². The van der Waals surface area contributed by atoms with Crippen LogP contribution in [-0.4, -0.2) is 24.1 Å². The number of fused-ring (bicyclic) bond motifs is 6. The Bertz CT molecular complexity index is 3570. The third-order valence-corrected chi connectivity index (χ3v) is 12.0. The summed E-state index contributed by atoms with van der Waals surface area (Å²) in [6, 6.07) is 79.4. The minimum absolute atomic E-state index is 0.637. The second-order valence-electron chi connectivity index (χ2n) is 15.7. The van der Waals surface area contributed by atoms with Gasteiger partial charge in [-0.05, 0) is 89.0 Å². The molecule has 0 saturated heterocycles. The van der Waals surface area contributed by atoms with E-state index in [2.05, 4.69) is 173 Å². The third-order valence-electron chi connectivity index (χ3n) is 12.0. The first kappa shape index (κ1) is 35.5. The van der Waals surface area contributed by atoms with E-state index in [1.807, 2.05) is 60.7 Å². The van der Waals surface area contributed by atoms with Gasteiger partial charge in [0.2, 0.25) is 0 Å². The molecule has 0 unspecified atom stereocenters. The summed E-state index contributed by atoms with van der Waals surface area (Å²) in [7, 11) is 0. The Kier molecular flexibility index (Phi) is 8.42. The summed E-state index contributed by atoms with van der Waals surface area (Å²) < 4.78 is 4.76. The van der Waals surface area contributed by atoms with Gasteiger partial charge in [-0.2, -0.15) is 0 Å². The van der Waals surface area contributed by atoms with E-state index >= 15 is 0 Å². The molecule has 0 amide bonds. The fourth-order valence-electron chi connectivity index (χ4n) is 9.04.